The molecule has 112 valence electrons. The van der Waals surface area contributed by atoms with Crippen molar-refractivity contribution in [1.82, 2.24) is 0 Å². The maximum Gasteiger partial charge on any atom is 0.306 e. The van der Waals surface area contributed by atoms with Gasteiger partial charge in [-0.3, -0.25) is 4.79 Å². The fraction of sp³-hybridized carbons (Fsp3) is 0.611. The van der Waals surface area contributed by atoms with Gasteiger partial charge in [0.2, 0.25) is 0 Å². The molecule has 0 spiro atoms. The van der Waals surface area contributed by atoms with E-state index in [1.54, 1.807) is 0 Å². The number of carbonyl (C=O) groups is 1. The number of hydrogen-bond acceptors (Lipinski definition) is 2. The van der Waals surface area contributed by atoms with Gasteiger partial charge in [0, 0.05) is 0 Å². The van der Waals surface area contributed by atoms with Crippen LogP contribution in [0.2, 0.25) is 0 Å². The highest BCUT2D eigenvalue weighted by Gasteiger charge is 2.16. The molecule has 0 saturated carbocycles. The zero-order chi connectivity index (χ0) is 15.0. The van der Waals surface area contributed by atoms with Crippen molar-refractivity contribution >= 4 is 5.97 Å². The first kappa shape index (κ1) is 16.7. The van der Waals surface area contributed by atoms with E-state index < -0.39 is 0 Å². The highest BCUT2D eigenvalue weighted by Crippen LogP contribution is 2.26. The Morgan fingerprint density at radius 1 is 1.15 bits per heavy atom. The SMILES string of the molecule is CCCC(CC(=O)OCC(C)C)c1ccc(CC)cc1. The molecule has 0 N–H and O–H groups in total. The summed E-state index contributed by atoms with van der Waals surface area (Å²) in [5.41, 5.74) is 2.59. The van der Waals surface area contributed by atoms with Gasteiger partial charge in [-0.1, -0.05) is 58.4 Å². The minimum atomic E-state index is -0.0725. The van der Waals surface area contributed by atoms with E-state index in [4.69, 9.17) is 4.74 Å². The summed E-state index contributed by atoms with van der Waals surface area (Å²) in [5, 5.41) is 0. The van der Waals surface area contributed by atoms with Gasteiger partial charge in [0.25, 0.3) is 0 Å². The Labute approximate surface area is 123 Å². The van der Waals surface area contributed by atoms with Crippen LogP contribution in [0.15, 0.2) is 24.3 Å². The summed E-state index contributed by atoms with van der Waals surface area (Å²) < 4.78 is 5.31. The van der Waals surface area contributed by atoms with Crippen LogP contribution in [0, 0.1) is 5.92 Å². The number of hydrogen-bond donors (Lipinski definition) is 0. The fourth-order valence-corrected chi connectivity index (χ4v) is 2.28. The number of ether oxygens (including phenoxy) is 1. The zero-order valence-electron chi connectivity index (χ0n) is 13.3. The minimum absolute atomic E-state index is 0.0725. The smallest absolute Gasteiger partial charge is 0.306 e. The summed E-state index contributed by atoms with van der Waals surface area (Å²) >= 11 is 0. The molecule has 0 fully saturated rings. The van der Waals surface area contributed by atoms with Gasteiger partial charge in [-0.15, -0.1) is 0 Å². The molecule has 1 unspecified atom stereocenters. The summed E-state index contributed by atoms with van der Waals surface area (Å²) in [6.45, 7) is 8.95. The lowest BCUT2D eigenvalue weighted by atomic mass is 9.90. The third-order valence-corrected chi connectivity index (χ3v) is 3.49. The minimum Gasteiger partial charge on any atom is -0.465 e. The van der Waals surface area contributed by atoms with Gasteiger partial charge in [-0.2, -0.15) is 0 Å². The van der Waals surface area contributed by atoms with Crippen LogP contribution in [0.25, 0.3) is 0 Å². The molecule has 0 saturated heterocycles. The quantitative estimate of drug-likeness (QED) is 0.642. The first-order valence-corrected chi connectivity index (χ1v) is 7.81. The summed E-state index contributed by atoms with van der Waals surface area (Å²) in [6.07, 6.45) is 3.65. The molecule has 0 heterocycles. The Kier molecular flexibility index (Phi) is 7.35. The van der Waals surface area contributed by atoms with Crippen molar-refractivity contribution in [2.75, 3.05) is 6.61 Å². The topological polar surface area (TPSA) is 26.3 Å². The highest BCUT2D eigenvalue weighted by atomic mass is 16.5. The zero-order valence-corrected chi connectivity index (χ0v) is 13.3. The lowest BCUT2D eigenvalue weighted by molar-refractivity contribution is -0.145. The summed E-state index contributed by atoms with van der Waals surface area (Å²) in [6, 6.07) is 8.65. The van der Waals surface area contributed by atoms with E-state index in [1.807, 2.05) is 0 Å². The largest absolute Gasteiger partial charge is 0.465 e. The second kappa shape index (κ2) is 8.78. The molecular weight excluding hydrogens is 248 g/mol. The van der Waals surface area contributed by atoms with Crippen LogP contribution in [0.3, 0.4) is 0 Å². The van der Waals surface area contributed by atoms with Gasteiger partial charge in [-0.05, 0) is 35.8 Å². The predicted octanol–water partition coefficient (Wildman–Crippen LogP) is 4.72. The predicted molar refractivity (Wildman–Crippen MR) is 83.9 cm³/mol. The number of esters is 1. The molecule has 20 heavy (non-hydrogen) atoms. The van der Waals surface area contributed by atoms with Crippen molar-refractivity contribution in [3.63, 3.8) is 0 Å². The Bertz CT molecular complexity index is 392. The maximum atomic E-state index is 11.9. The van der Waals surface area contributed by atoms with Gasteiger partial charge in [0.1, 0.15) is 0 Å². The molecule has 2 nitrogen and oxygen atoms in total. The van der Waals surface area contributed by atoms with E-state index >= 15 is 0 Å². The van der Waals surface area contributed by atoms with Crippen molar-refractivity contribution in [1.29, 1.82) is 0 Å². The Morgan fingerprint density at radius 2 is 1.80 bits per heavy atom. The van der Waals surface area contributed by atoms with E-state index in [1.165, 1.54) is 11.1 Å². The molecule has 0 bridgehead atoms. The van der Waals surface area contributed by atoms with Crippen molar-refractivity contribution in [3.8, 4) is 0 Å². The van der Waals surface area contributed by atoms with Crippen molar-refractivity contribution in [2.45, 2.75) is 59.3 Å². The molecule has 0 aliphatic rings. The number of rotatable bonds is 8. The van der Waals surface area contributed by atoms with Crippen LogP contribution < -0.4 is 0 Å². The average molecular weight is 276 g/mol. The molecule has 1 aromatic carbocycles. The van der Waals surface area contributed by atoms with Crippen molar-refractivity contribution in [3.05, 3.63) is 35.4 Å². The van der Waals surface area contributed by atoms with Crippen LogP contribution in [-0.4, -0.2) is 12.6 Å². The molecule has 0 radical (unpaired) electrons. The molecule has 1 aromatic rings. The third kappa shape index (κ3) is 5.77. The normalized spacial score (nSPS) is 12.4. The summed E-state index contributed by atoms with van der Waals surface area (Å²) in [5.74, 6) is 0.606. The van der Waals surface area contributed by atoms with Gasteiger partial charge >= 0.3 is 5.97 Å². The molecule has 0 amide bonds. The lowest BCUT2D eigenvalue weighted by Crippen LogP contribution is -2.13. The second-order valence-electron chi connectivity index (χ2n) is 5.86. The molecular formula is C18H28O2. The lowest BCUT2D eigenvalue weighted by Gasteiger charge is -2.17. The molecule has 0 aliphatic heterocycles. The average Bonchev–Trinajstić information content (AvgIpc) is 2.45. The number of benzene rings is 1. The van der Waals surface area contributed by atoms with Gasteiger partial charge in [0.15, 0.2) is 0 Å². The summed E-state index contributed by atoms with van der Waals surface area (Å²) in [4.78, 5) is 11.9. The summed E-state index contributed by atoms with van der Waals surface area (Å²) in [7, 11) is 0. The third-order valence-electron chi connectivity index (χ3n) is 3.49. The van der Waals surface area contributed by atoms with E-state index in [0.717, 1.165) is 19.3 Å². The first-order valence-electron chi connectivity index (χ1n) is 7.81. The number of aryl methyl sites for hydroxylation is 1. The van der Waals surface area contributed by atoms with Crippen LogP contribution in [0.4, 0.5) is 0 Å². The van der Waals surface area contributed by atoms with Crippen LogP contribution in [0.5, 0.6) is 0 Å². The monoisotopic (exact) mass is 276 g/mol. The standard InChI is InChI=1S/C18H28O2/c1-5-7-17(12-18(19)20-13-14(3)4)16-10-8-15(6-2)9-11-16/h8-11,14,17H,5-7,12-13H2,1-4H3. The van der Waals surface area contributed by atoms with Crippen molar-refractivity contribution in [2.24, 2.45) is 5.92 Å². The van der Waals surface area contributed by atoms with E-state index in [0.29, 0.717) is 18.9 Å². The van der Waals surface area contributed by atoms with Gasteiger partial charge in [0.05, 0.1) is 13.0 Å². The number of carbonyl (C=O) groups excluding carboxylic acids is 1. The van der Waals surface area contributed by atoms with Crippen LogP contribution in [-0.2, 0) is 16.0 Å². The molecule has 2 heteroatoms. The molecule has 0 aliphatic carbocycles. The van der Waals surface area contributed by atoms with Gasteiger partial charge < -0.3 is 4.74 Å². The molecule has 1 atom stereocenters. The van der Waals surface area contributed by atoms with E-state index in [2.05, 4.69) is 52.0 Å². The van der Waals surface area contributed by atoms with Crippen LogP contribution >= 0.6 is 0 Å². The first-order chi connectivity index (χ1) is 9.56. The van der Waals surface area contributed by atoms with Crippen LogP contribution in [0.1, 0.15) is 64.0 Å². The Hall–Kier alpha value is -1.31. The Balaban J connectivity index is 2.65. The van der Waals surface area contributed by atoms with Gasteiger partial charge in [-0.25, -0.2) is 0 Å². The van der Waals surface area contributed by atoms with E-state index in [9.17, 15) is 4.79 Å². The van der Waals surface area contributed by atoms with Crippen molar-refractivity contribution < 1.29 is 9.53 Å². The Morgan fingerprint density at radius 3 is 2.30 bits per heavy atom. The maximum absolute atomic E-state index is 11.9. The molecule has 0 aromatic heterocycles. The fourth-order valence-electron chi connectivity index (χ4n) is 2.28. The second-order valence-corrected chi connectivity index (χ2v) is 5.86. The van der Waals surface area contributed by atoms with E-state index in [-0.39, 0.29) is 11.9 Å². The highest BCUT2D eigenvalue weighted by molar-refractivity contribution is 5.70. The molecule has 1 rings (SSSR count).